The van der Waals surface area contributed by atoms with E-state index in [2.05, 4.69) is 0 Å². The highest BCUT2D eigenvalue weighted by atomic mass is 35.5. The Hall–Kier alpha value is -1.51. The average Bonchev–Trinajstić information content (AvgIpc) is 2.49. The van der Waals surface area contributed by atoms with Gasteiger partial charge in [0.25, 0.3) is 0 Å². The summed E-state index contributed by atoms with van der Waals surface area (Å²) >= 11 is 12.1. The highest BCUT2D eigenvalue weighted by Gasteiger charge is 2.17. The van der Waals surface area contributed by atoms with Gasteiger partial charge in [0.1, 0.15) is 12.4 Å². The van der Waals surface area contributed by atoms with Crippen LogP contribution in [0.5, 0.6) is 5.75 Å². The minimum Gasteiger partial charge on any atom is -0.489 e. The largest absolute Gasteiger partial charge is 0.489 e. The molecule has 0 aliphatic heterocycles. The summed E-state index contributed by atoms with van der Waals surface area (Å²) in [6.45, 7) is 0.326. The first-order valence-electron chi connectivity index (χ1n) is 6.86. The number of Topliss-reactive ketones (excluding diaryl/α,β-unsaturated/α-hetero) is 1. The van der Waals surface area contributed by atoms with Gasteiger partial charge in [0.15, 0.2) is 5.78 Å². The van der Waals surface area contributed by atoms with E-state index in [1.54, 1.807) is 18.2 Å². The van der Waals surface area contributed by atoms with Crippen LogP contribution in [0.3, 0.4) is 0 Å². The molecule has 0 heterocycles. The number of ketones is 1. The molecule has 1 aliphatic carbocycles. The first kappa shape index (κ1) is 14.4. The summed E-state index contributed by atoms with van der Waals surface area (Å²) < 4.78 is 5.75. The lowest BCUT2D eigenvalue weighted by Gasteiger charge is -2.16. The number of carbonyl (C=O) groups excluding carboxylic acids is 1. The van der Waals surface area contributed by atoms with Crippen LogP contribution in [0.4, 0.5) is 0 Å². The van der Waals surface area contributed by atoms with Crippen LogP contribution in [0.15, 0.2) is 36.4 Å². The monoisotopic (exact) mass is 320 g/mol. The topological polar surface area (TPSA) is 26.3 Å². The van der Waals surface area contributed by atoms with Gasteiger partial charge in [0, 0.05) is 27.6 Å². The third kappa shape index (κ3) is 3.22. The molecule has 0 N–H and O–H groups in total. The summed E-state index contributed by atoms with van der Waals surface area (Å²) in [6, 6.07) is 11.0. The molecule has 0 atom stereocenters. The lowest BCUT2D eigenvalue weighted by Crippen LogP contribution is -2.10. The van der Waals surface area contributed by atoms with Crippen LogP contribution in [0.1, 0.15) is 34.3 Å². The van der Waals surface area contributed by atoms with Crippen molar-refractivity contribution in [2.75, 3.05) is 0 Å². The van der Waals surface area contributed by atoms with E-state index in [9.17, 15) is 4.79 Å². The van der Waals surface area contributed by atoms with E-state index in [1.807, 2.05) is 18.2 Å². The molecule has 0 amide bonds. The maximum absolute atomic E-state index is 11.9. The number of rotatable bonds is 3. The fourth-order valence-electron chi connectivity index (χ4n) is 2.51. The number of hydrogen-bond acceptors (Lipinski definition) is 2. The number of fused-ring (bicyclic) bond motifs is 1. The zero-order valence-corrected chi connectivity index (χ0v) is 12.9. The molecule has 0 spiro atoms. The molecule has 0 unspecified atom stereocenters. The van der Waals surface area contributed by atoms with Crippen LogP contribution >= 0.6 is 23.2 Å². The van der Waals surface area contributed by atoms with Crippen molar-refractivity contribution in [1.29, 1.82) is 0 Å². The zero-order valence-electron chi connectivity index (χ0n) is 11.4. The summed E-state index contributed by atoms with van der Waals surface area (Å²) in [6.07, 6.45) is 2.52. The first-order valence-corrected chi connectivity index (χ1v) is 7.62. The van der Waals surface area contributed by atoms with Gasteiger partial charge in [-0.15, -0.1) is 0 Å². The number of benzene rings is 2. The Morgan fingerprint density at radius 3 is 2.76 bits per heavy atom. The maximum Gasteiger partial charge on any atom is 0.163 e. The smallest absolute Gasteiger partial charge is 0.163 e. The summed E-state index contributed by atoms with van der Waals surface area (Å²) in [5, 5.41) is 1.24. The van der Waals surface area contributed by atoms with Gasteiger partial charge in [-0.05, 0) is 48.7 Å². The van der Waals surface area contributed by atoms with E-state index in [1.165, 1.54) is 0 Å². The van der Waals surface area contributed by atoms with Gasteiger partial charge in [-0.2, -0.15) is 0 Å². The molecule has 0 saturated carbocycles. The van der Waals surface area contributed by atoms with Gasteiger partial charge in [-0.25, -0.2) is 0 Å². The van der Waals surface area contributed by atoms with Crippen LogP contribution in [-0.4, -0.2) is 5.78 Å². The average molecular weight is 321 g/mol. The van der Waals surface area contributed by atoms with E-state index >= 15 is 0 Å². The van der Waals surface area contributed by atoms with Crippen molar-refractivity contribution in [3.05, 3.63) is 63.1 Å². The van der Waals surface area contributed by atoms with E-state index < -0.39 is 0 Å². The van der Waals surface area contributed by atoms with Crippen LogP contribution in [0, 0.1) is 0 Å². The number of hydrogen-bond donors (Lipinski definition) is 0. The Bertz CT molecular complexity index is 695. The number of carbonyl (C=O) groups is 1. The van der Waals surface area contributed by atoms with E-state index in [0.29, 0.717) is 28.8 Å². The zero-order chi connectivity index (χ0) is 14.8. The predicted molar refractivity (Wildman–Crippen MR) is 84.5 cm³/mol. The van der Waals surface area contributed by atoms with Crippen molar-refractivity contribution in [3.63, 3.8) is 0 Å². The molecule has 0 fully saturated rings. The molecule has 1 aliphatic rings. The summed E-state index contributed by atoms with van der Waals surface area (Å²) in [5.41, 5.74) is 2.73. The predicted octanol–water partition coefficient (Wildman–Crippen LogP) is 5.09. The minimum atomic E-state index is 0.197. The molecule has 0 saturated heterocycles. The van der Waals surface area contributed by atoms with Crippen molar-refractivity contribution < 1.29 is 9.53 Å². The van der Waals surface area contributed by atoms with Gasteiger partial charge in [-0.1, -0.05) is 29.3 Å². The van der Waals surface area contributed by atoms with Gasteiger partial charge in [-0.3, -0.25) is 4.79 Å². The van der Waals surface area contributed by atoms with E-state index in [0.717, 1.165) is 29.5 Å². The summed E-state index contributed by atoms with van der Waals surface area (Å²) in [4.78, 5) is 11.9. The number of aryl methyl sites for hydroxylation is 1. The molecular weight excluding hydrogens is 307 g/mol. The van der Waals surface area contributed by atoms with E-state index in [4.69, 9.17) is 27.9 Å². The molecule has 0 aromatic heterocycles. The van der Waals surface area contributed by atoms with Crippen molar-refractivity contribution in [1.82, 2.24) is 0 Å². The highest BCUT2D eigenvalue weighted by molar-refractivity contribution is 6.33. The molecule has 2 aromatic carbocycles. The van der Waals surface area contributed by atoms with Crippen molar-refractivity contribution in [2.45, 2.75) is 25.9 Å². The second-order valence-electron chi connectivity index (χ2n) is 5.12. The minimum absolute atomic E-state index is 0.197. The number of halogens is 2. The van der Waals surface area contributed by atoms with Crippen LogP contribution < -0.4 is 4.74 Å². The standard InChI is InChI=1S/C17H14Cl2O2/c18-13-5-7-16(19)12(8-13)10-21-14-6-4-11-2-1-3-17(20)15(11)9-14/h4-9H,1-3,10H2. The summed E-state index contributed by atoms with van der Waals surface area (Å²) in [7, 11) is 0. The Labute approximate surface area is 133 Å². The Morgan fingerprint density at radius 2 is 1.90 bits per heavy atom. The third-order valence-electron chi connectivity index (χ3n) is 3.63. The Balaban J connectivity index is 1.78. The van der Waals surface area contributed by atoms with Crippen molar-refractivity contribution in [2.24, 2.45) is 0 Å². The molecule has 3 rings (SSSR count). The van der Waals surface area contributed by atoms with Crippen LogP contribution in [0.25, 0.3) is 0 Å². The molecule has 4 heteroatoms. The number of ether oxygens (including phenoxy) is 1. The first-order chi connectivity index (χ1) is 10.1. The fourth-order valence-corrected chi connectivity index (χ4v) is 2.88. The molecule has 2 aromatic rings. The Morgan fingerprint density at radius 1 is 1.05 bits per heavy atom. The van der Waals surface area contributed by atoms with Crippen molar-refractivity contribution in [3.8, 4) is 5.75 Å². The van der Waals surface area contributed by atoms with Gasteiger partial charge < -0.3 is 4.74 Å². The van der Waals surface area contributed by atoms with Gasteiger partial charge in [0.05, 0.1) is 0 Å². The molecule has 0 radical (unpaired) electrons. The SMILES string of the molecule is O=C1CCCc2ccc(OCc3cc(Cl)ccc3Cl)cc21. The molecule has 0 bridgehead atoms. The molecular formula is C17H14Cl2O2. The summed E-state index contributed by atoms with van der Waals surface area (Å²) in [5.74, 6) is 0.877. The maximum atomic E-state index is 11.9. The van der Waals surface area contributed by atoms with Crippen LogP contribution in [0.2, 0.25) is 10.0 Å². The molecule has 21 heavy (non-hydrogen) atoms. The second-order valence-corrected chi connectivity index (χ2v) is 5.96. The van der Waals surface area contributed by atoms with Gasteiger partial charge >= 0.3 is 0 Å². The van der Waals surface area contributed by atoms with Gasteiger partial charge in [0.2, 0.25) is 0 Å². The fraction of sp³-hybridized carbons (Fsp3) is 0.235. The molecule has 108 valence electrons. The van der Waals surface area contributed by atoms with E-state index in [-0.39, 0.29) is 5.78 Å². The lowest BCUT2D eigenvalue weighted by atomic mass is 9.90. The Kier molecular flexibility index (Phi) is 4.18. The van der Waals surface area contributed by atoms with Crippen LogP contribution in [-0.2, 0) is 13.0 Å². The lowest BCUT2D eigenvalue weighted by molar-refractivity contribution is 0.0972. The molecule has 2 nitrogen and oxygen atoms in total. The normalized spacial score (nSPS) is 13.9. The second kappa shape index (κ2) is 6.08. The van der Waals surface area contributed by atoms with Crippen molar-refractivity contribution >= 4 is 29.0 Å². The highest BCUT2D eigenvalue weighted by Crippen LogP contribution is 2.27. The third-order valence-corrected chi connectivity index (χ3v) is 4.24. The quantitative estimate of drug-likeness (QED) is 0.787.